The van der Waals surface area contributed by atoms with Crippen molar-refractivity contribution in [3.63, 3.8) is 0 Å². The number of benzene rings is 1. The van der Waals surface area contributed by atoms with Crippen molar-refractivity contribution in [3.05, 3.63) is 35.5 Å². The first-order valence-corrected chi connectivity index (χ1v) is 10.8. The number of nitrogens with zero attached hydrogens (tertiary/aromatic N) is 1. The lowest BCUT2D eigenvalue weighted by molar-refractivity contribution is -0.120. The molecule has 0 fully saturated rings. The second-order valence-electron chi connectivity index (χ2n) is 7.53. The monoisotopic (exact) mass is 418 g/mol. The van der Waals surface area contributed by atoms with Gasteiger partial charge in [0.15, 0.2) is 15.7 Å². The van der Waals surface area contributed by atoms with Gasteiger partial charge in [0, 0.05) is 16.6 Å². The largest absolute Gasteiger partial charge is 0.494 e. The van der Waals surface area contributed by atoms with Crippen molar-refractivity contribution in [1.29, 1.82) is 0 Å². The molecule has 8 nitrogen and oxygen atoms in total. The van der Waals surface area contributed by atoms with Gasteiger partial charge >= 0.3 is 0 Å². The molecule has 1 amide bonds. The third-order valence-corrected chi connectivity index (χ3v) is 6.59. The fourth-order valence-electron chi connectivity index (χ4n) is 3.25. The number of aromatic hydroxyl groups is 1. The van der Waals surface area contributed by atoms with Gasteiger partial charge in [-0.05, 0) is 64.7 Å². The van der Waals surface area contributed by atoms with Crippen LogP contribution in [0, 0.1) is 13.8 Å². The molecule has 4 N–H and O–H groups in total. The topological polar surface area (TPSA) is 118 Å². The van der Waals surface area contributed by atoms with Crippen molar-refractivity contribution in [3.8, 4) is 17.1 Å². The molecule has 156 valence electrons. The van der Waals surface area contributed by atoms with Crippen molar-refractivity contribution in [2.75, 3.05) is 19.8 Å². The van der Waals surface area contributed by atoms with Crippen LogP contribution in [0.3, 0.4) is 0 Å². The summed E-state index contributed by atoms with van der Waals surface area (Å²) in [6, 6.07) is 6.47. The zero-order chi connectivity index (χ0) is 21.5. The first-order valence-electron chi connectivity index (χ1n) is 9.19. The van der Waals surface area contributed by atoms with Crippen LogP contribution in [-0.2, 0) is 14.6 Å². The Kier molecular flexibility index (Phi) is 5.46. The highest BCUT2D eigenvalue weighted by Crippen LogP contribution is 2.38. The number of rotatable bonds is 6. The minimum absolute atomic E-state index is 0.0267. The Labute approximate surface area is 169 Å². The van der Waals surface area contributed by atoms with Crippen LogP contribution in [0.4, 0.5) is 0 Å². The first-order chi connectivity index (χ1) is 13.5. The number of aryl methyl sites for hydroxylation is 2. The smallest absolute Gasteiger partial charge is 0.236 e. The summed E-state index contributed by atoms with van der Waals surface area (Å²) in [5, 5.41) is 13.6. The molecule has 1 atom stereocenters. The summed E-state index contributed by atoms with van der Waals surface area (Å²) in [7, 11) is -0.275. The summed E-state index contributed by atoms with van der Waals surface area (Å²) in [5.74, 6) is -1.26. The Hall–Kier alpha value is -2.78. The van der Waals surface area contributed by atoms with Crippen molar-refractivity contribution in [2.24, 2.45) is 0 Å². The van der Waals surface area contributed by atoms with Crippen LogP contribution in [0.5, 0.6) is 5.88 Å². The van der Waals surface area contributed by atoms with E-state index >= 15 is 0 Å². The molecule has 3 rings (SSSR count). The number of H-pyrrole nitrogens is 2. The maximum atomic E-state index is 12.8. The van der Waals surface area contributed by atoms with E-state index in [0.29, 0.717) is 16.5 Å². The van der Waals surface area contributed by atoms with E-state index in [-0.39, 0.29) is 16.9 Å². The van der Waals surface area contributed by atoms with Gasteiger partial charge in [0.1, 0.15) is 5.75 Å². The van der Waals surface area contributed by atoms with Crippen LogP contribution in [0.2, 0.25) is 0 Å². The van der Waals surface area contributed by atoms with E-state index in [0.717, 1.165) is 17.0 Å². The number of hydrogen-bond donors (Lipinski definition) is 4. The van der Waals surface area contributed by atoms with Gasteiger partial charge in [-0.2, -0.15) is 0 Å². The molecule has 0 aliphatic rings. The number of hydrogen-bond acceptors (Lipinski definition) is 5. The lowest BCUT2D eigenvalue weighted by Crippen LogP contribution is -2.44. The van der Waals surface area contributed by atoms with Crippen LogP contribution < -0.4 is 5.32 Å². The molecule has 0 aliphatic heterocycles. The molecule has 0 saturated carbocycles. The molecule has 2 aromatic heterocycles. The maximum Gasteiger partial charge on any atom is 0.236 e. The molecule has 29 heavy (non-hydrogen) atoms. The minimum atomic E-state index is -3.85. The molecule has 0 spiro atoms. The Morgan fingerprint density at radius 2 is 1.90 bits per heavy atom. The van der Waals surface area contributed by atoms with E-state index in [1.165, 1.54) is 12.1 Å². The Morgan fingerprint density at radius 1 is 1.21 bits per heavy atom. The van der Waals surface area contributed by atoms with Crippen LogP contribution >= 0.6 is 0 Å². The fourth-order valence-corrected chi connectivity index (χ4v) is 4.42. The summed E-state index contributed by atoms with van der Waals surface area (Å²) >= 11 is 0. The van der Waals surface area contributed by atoms with Gasteiger partial charge in [-0.15, -0.1) is 0 Å². The zero-order valence-corrected chi connectivity index (χ0v) is 17.9. The van der Waals surface area contributed by atoms with Crippen molar-refractivity contribution in [1.82, 2.24) is 20.2 Å². The van der Waals surface area contributed by atoms with Gasteiger partial charge in [0.2, 0.25) is 5.91 Å². The number of fused-ring (bicyclic) bond motifs is 1. The molecule has 3 aromatic rings. The van der Waals surface area contributed by atoms with Crippen LogP contribution in [0.1, 0.15) is 18.2 Å². The number of nitrogens with one attached hydrogen (secondary N) is 3. The average molecular weight is 419 g/mol. The van der Waals surface area contributed by atoms with E-state index in [1.54, 1.807) is 32.0 Å². The number of carbonyl (C=O) groups excluding carboxylic acids is 1. The van der Waals surface area contributed by atoms with Crippen molar-refractivity contribution in [2.45, 2.75) is 31.8 Å². The Morgan fingerprint density at radius 3 is 2.48 bits per heavy atom. The summed E-state index contributed by atoms with van der Waals surface area (Å²) in [4.78, 5) is 20.1. The molecular weight excluding hydrogens is 392 g/mol. The lowest BCUT2D eigenvalue weighted by atomic mass is 10.1. The molecule has 0 radical (unpaired) electrons. The van der Waals surface area contributed by atoms with Crippen LogP contribution in [-0.4, -0.2) is 60.3 Å². The number of sulfone groups is 1. The SMILES string of the molecule is Cc1cc(C)c(-c2c(O)[nH]c3ccc(S(=O)(=O)CC(=O)NC(C)N(C)C)cc23)[nH]1. The Bertz CT molecular complexity index is 1170. The third kappa shape index (κ3) is 4.15. The van der Waals surface area contributed by atoms with E-state index in [1.807, 2.05) is 19.9 Å². The highest BCUT2D eigenvalue weighted by molar-refractivity contribution is 7.92. The summed E-state index contributed by atoms with van der Waals surface area (Å²) in [5.41, 5.74) is 3.70. The number of aromatic nitrogens is 2. The van der Waals surface area contributed by atoms with Gasteiger partial charge in [-0.1, -0.05) is 0 Å². The fraction of sp³-hybridized carbons (Fsp3) is 0.350. The highest BCUT2D eigenvalue weighted by Gasteiger charge is 2.23. The van der Waals surface area contributed by atoms with E-state index < -0.39 is 21.5 Å². The molecule has 1 unspecified atom stereocenters. The van der Waals surface area contributed by atoms with Gasteiger partial charge < -0.3 is 20.4 Å². The number of aromatic amines is 2. The highest BCUT2D eigenvalue weighted by atomic mass is 32.2. The van der Waals surface area contributed by atoms with E-state index in [9.17, 15) is 18.3 Å². The number of carbonyl (C=O) groups is 1. The molecule has 9 heteroatoms. The first kappa shape index (κ1) is 20.9. The molecule has 1 aromatic carbocycles. The van der Waals surface area contributed by atoms with Crippen molar-refractivity contribution >= 4 is 26.6 Å². The van der Waals surface area contributed by atoms with Crippen LogP contribution in [0.15, 0.2) is 29.2 Å². The number of amides is 1. The van der Waals surface area contributed by atoms with E-state index in [2.05, 4.69) is 15.3 Å². The Balaban J connectivity index is 2.00. The van der Waals surface area contributed by atoms with Gasteiger partial charge in [0.25, 0.3) is 0 Å². The normalized spacial score (nSPS) is 13.2. The second-order valence-corrected chi connectivity index (χ2v) is 9.52. The van der Waals surface area contributed by atoms with Gasteiger partial charge in [-0.25, -0.2) is 8.42 Å². The maximum absolute atomic E-state index is 12.8. The molecule has 0 bridgehead atoms. The molecule has 0 saturated heterocycles. The molecular formula is C20H26N4O4S. The minimum Gasteiger partial charge on any atom is -0.494 e. The van der Waals surface area contributed by atoms with Crippen molar-refractivity contribution < 1.29 is 18.3 Å². The summed E-state index contributed by atoms with van der Waals surface area (Å²) in [6.07, 6.45) is -0.285. The van der Waals surface area contributed by atoms with Crippen LogP contribution in [0.25, 0.3) is 22.2 Å². The molecule has 0 aliphatic carbocycles. The third-order valence-electron chi connectivity index (χ3n) is 4.97. The second kappa shape index (κ2) is 7.57. The van der Waals surface area contributed by atoms with Gasteiger partial charge in [-0.3, -0.25) is 9.69 Å². The van der Waals surface area contributed by atoms with E-state index in [4.69, 9.17) is 0 Å². The van der Waals surface area contributed by atoms with Gasteiger partial charge in [0.05, 0.1) is 22.3 Å². The lowest BCUT2D eigenvalue weighted by Gasteiger charge is -2.20. The predicted molar refractivity (Wildman–Crippen MR) is 113 cm³/mol. The summed E-state index contributed by atoms with van der Waals surface area (Å²) < 4.78 is 25.6. The predicted octanol–water partition coefficient (Wildman–Crippen LogP) is 2.28. The average Bonchev–Trinajstić information content (AvgIpc) is 3.10. The standard InChI is InChI=1S/C20H26N4O4S/c1-11-8-12(2)21-19(11)18-15-9-14(6-7-16(15)23-20(18)26)29(27,28)10-17(25)22-13(3)24(4)5/h6-9,13,21,23,26H,10H2,1-5H3,(H,22,25). The quantitative estimate of drug-likeness (QED) is 0.458. The molecule has 2 heterocycles. The zero-order valence-electron chi connectivity index (χ0n) is 17.1. The summed E-state index contributed by atoms with van der Waals surface area (Å²) in [6.45, 7) is 5.59.